The molecule has 0 fully saturated rings. The van der Waals surface area contributed by atoms with Crippen molar-refractivity contribution in [1.29, 1.82) is 0 Å². The van der Waals surface area contributed by atoms with Gasteiger partial charge in [-0.1, -0.05) is 42.5 Å². The predicted octanol–water partition coefficient (Wildman–Crippen LogP) is 3.64. The van der Waals surface area contributed by atoms with Crippen molar-refractivity contribution in [2.75, 3.05) is 23.4 Å². The van der Waals surface area contributed by atoms with Gasteiger partial charge in [0.15, 0.2) is 0 Å². The number of anilines is 1. The number of nitrogens with zero attached hydrogens (tertiary/aromatic N) is 1. The van der Waals surface area contributed by atoms with Crippen molar-refractivity contribution in [3.05, 3.63) is 72.3 Å². The second-order valence-corrected chi connectivity index (χ2v) is 9.22. The van der Waals surface area contributed by atoms with Crippen molar-refractivity contribution in [3.8, 4) is 0 Å². The smallest absolute Gasteiger partial charge is 0.241 e. The second kappa shape index (κ2) is 8.67. The molecule has 0 spiro atoms. The fraction of sp³-hybridized carbons (Fsp3) is 0.190. The molecule has 0 radical (unpaired) electrons. The third kappa shape index (κ3) is 5.05. The molecular weight excluding hydrogens is 392 g/mol. The van der Waals surface area contributed by atoms with Crippen molar-refractivity contribution in [2.24, 2.45) is 0 Å². The van der Waals surface area contributed by atoms with Crippen LogP contribution in [-0.4, -0.2) is 33.4 Å². The van der Waals surface area contributed by atoms with Gasteiger partial charge >= 0.3 is 0 Å². The fourth-order valence-electron chi connectivity index (χ4n) is 2.90. The maximum absolute atomic E-state index is 12.4. The quantitative estimate of drug-likeness (QED) is 0.600. The minimum atomic E-state index is -3.59. The lowest BCUT2D eigenvalue weighted by molar-refractivity contribution is -0.119. The SMILES string of the molecule is CSc1cccc(N(CC(=O)NCc2ccc3ccccc3c2)S(C)(=O)=O)c1. The highest BCUT2D eigenvalue weighted by Crippen LogP contribution is 2.24. The molecule has 0 bridgehead atoms. The first-order valence-corrected chi connectivity index (χ1v) is 11.8. The summed E-state index contributed by atoms with van der Waals surface area (Å²) in [7, 11) is -3.59. The van der Waals surface area contributed by atoms with Gasteiger partial charge in [0.25, 0.3) is 0 Å². The van der Waals surface area contributed by atoms with Crippen LogP contribution < -0.4 is 9.62 Å². The predicted molar refractivity (Wildman–Crippen MR) is 116 cm³/mol. The summed E-state index contributed by atoms with van der Waals surface area (Å²) < 4.78 is 25.6. The second-order valence-electron chi connectivity index (χ2n) is 6.43. The van der Waals surface area contributed by atoms with E-state index in [2.05, 4.69) is 5.32 Å². The van der Waals surface area contributed by atoms with E-state index in [4.69, 9.17) is 0 Å². The molecule has 0 heterocycles. The van der Waals surface area contributed by atoms with Crippen LogP contribution in [0.1, 0.15) is 5.56 Å². The van der Waals surface area contributed by atoms with E-state index in [0.29, 0.717) is 12.2 Å². The lowest BCUT2D eigenvalue weighted by Gasteiger charge is -2.22. The molecule has 1 amide bonds. The van der Waals surface area contributed by atoms with Crippen LogP contribution in [0.25, 0.3) is 10.8 Å². The largest absolute Gasteiger partial charge is 0.350 e. The van der Waals surface area contributed by atoms with Crippen molar-refractivity contribution < 1.29 is 13.2 Å². The van der Waals surface area contributed by atoms with Gasteiger partial charge < -0.3 is 5.32 Å². The van der Waals surface area contributed by atoms with Gasteiger partial charge in [-0.3, -0.25) is 9.10 Å². The van der Waals surface area contributed by atoms with Crippen LogP contribution in [0.2, 0.25) is 0 Å². The normalized spacial score (nSPS) is 11.4. The van der Waals surface area contributed by atoms with Gasteiger partial charge in [-0.15, -0.1) is 11.8 Å². The molecule has 0 atom stereocenters. The number of carbonyl (C=O) groups excluding carboxylic acids is 1. The number of sulfonamides is 1. The first-order valence-electron chi connectivity index (χ1n) is 8.73. The zero-order valence-electron chi connectivity index (χ0n) is 15.8. The number of rotatable bonds is 7. The highest BCUT2D eigenvalue weighted by Gasteiger charge is 2.21. The van der Waals surface area contributed by atoms with Crippen LogP contribution in [0.15, 0.2) is 71.6 Å². The molecular formula is C21H22N2O3S2. The Morgan fingerprint density at radius 1 is 1.00 bits per heavy atom. The maximum Gasteiger partial charge on any atom is 0.241 e. The molecule has 0 saturated heterocycles. The average molecular weight is 415 g/mol. The third-order valence-electron chi connectivity index (χ3n) is 4.33. The van der Waals surface area contributed by atoms with Gasteiger partial charge in [0.05, 0.1) is 11.9 Å². The summed E-state index contributed by atoms with van der Waals surface area (Å²) in [6.07, 6.45) is 3.02. The van der Waals surface area contributed by atoms with E-state index in [9.17, 15) is 13.2 Å². The summed E-state index contributed by atoms with van der Waals surface area (Å²) in [6.45, 7) is 0.0797. The monoisotopic (exact) mass is 414 g/mol. The van der Waals surface area contributed by atoms with Crippen molar-refractivity contribution in [1.82, 2.24) is 5.32 Å². The van der Waals surface area contributed by atoms with Crippen LogP contribution in [-0.2, 0) is 21.4 Å². The van der Waals surface area contributed by atoms with Crippen molar-refractivity contribution in [2.45, 2.75) is 11.4 Å². The molecule has 1 N–H and O–H groups in total. The summed E-state index contributed by atoms with van der Waals surface area (Å²) in [5, 5.41) is 5.05. The van der Waals surface area contributed by atoms with Crippen LogP contribution in [0.5, 0.6) is 0 Å². The molecule has 0 aliphatic rings. The third-order valence-corrected chi connectivity index (χ3v) is 6.20. The molecule has 3 rings (SSSR count). The van der Waals surface area contributed by atoms with E-state index in [-0.39, 0.29) is 12.5 Å². The van der Waals surface area contributed by atoms with Crippen LogP contribution in [0.4, 0.5) is 5.69 Å². The van der Waals surface area contributed by atoms with E-state index in [1.807, 2.05) is 54.8 Å². The number of hydrogen-bond acceptors (Lipinski definition) is 4. The number of nitrogens with one attached hydrogen (secondary N) is 1. The first-order chi connectivity index (χ1) is 13.4. The summed E-state index contributed by atoms with van der Waals surface area (Å²) in [5.41, 5.74) is 1.44. The Hall–Kier alpha value is -2.51. The molecule has 5 nitrogen and oxygen atoms in total. The molecule has 146 valence electrons. The lowest BCUT2D eigenvalue weighted by Crippen LogP contribution is -2.40. The molecule has 0 aliphatic carbocycles. The number of carbonyl (C=O) groups is 1. The van der Waals surface area contributed by atoms with Crippen LogP contribution >= 0.6 is 11.8 Å². The molecule has 0 unspecified atom stereocenters. The highest BCUT2D eigenvalue weighted by molar-refractivity contribution is 7.98. The van der Waals surface area contributed by atoms with Crippen LogP contribution in [0.3, 0.4) is 0 Å². The van der Waals surface area contributed by atoms with Gasteiger partial charge in [-0.2, -0.15) is 0 Å². The topological polar surface area (TPSA) is 66.5 Å². The Morgan fingerprint density at radius 3 is 2.46 bits per heavy atom. The number of hydrogen-bond donors (Lipinski definition) is 1. The highest BCUT2D eigenvalue weighted by atomic mass is 32.2. The molecule has 0 aliphatic heterocycles. The van der Waals surface area contributed by atoms with E-state index < -0.39 is 10.0 Å². The number of amides is 1. The summed E-state index contributed by atoms with van der Waals surface area (Å²) in [6, 6.07) is 21.1. The summed E-state index contributed by atoms with van der Waals surface area (Å²) >= 11 is 1.52. The van der Waals surface area contributed by atoms with E-state index >= 15 is 0 Å². The zero-order chi connectivity index (χ0) is 20.1. The fourth-order valence-corrected chi connectivity index (χ4v) is 4.20. The number of fused-ring (bicyclic) bond motifs is 1. The van der Waals surface area contributed by atoms with Gasteiger partial charge in [0.2, 0.25) is 15.9 Å². The lowest BCUT2D eigenvalue weighted by atomic mass is 10.1. The summed E-state index contributed by atoms with van der Waals surface area (Å²) in [4.78, 5) is 13.4. The average Bonchev–Trinajstić information content (AvgIpc) is 2.69. The van der Waals surface area contributed by atoms with Gasteiger partial charge in [-0.05, 0) is 46.9 Å². The Labute approximate surface area is 169 Å². The molecule has 0 saturated carbocycles. The minimum absolute atomic E-state index is 0.260. The zero-order valence-corrected chi connectivity index (χ0v) is 17.4. The number of benzene rings is 3. The Bertz CT molecular complexity index is 1100. The van der Waals surface area contributed by atoms with Gasteiger partial charge in [0.1, 0.15) is 6.54 Å². The summed E-state index contributed by atoms with van der Waals surface area (Å²) in [5.74, 6) is -0.354. The van der Waals surface area contributed by atoms with E-state index in [1.165, 1.54) is 11.8 Å². The van der Waals surface area contributed by atoms with Crippen molar-refractivity contribution in [3.63, 3.8) is 0 Å². The molecule has 3 aromatic rings. The van der Waals surface area contributed by atoms with Crippen LogP contribution in [0, 0.1) is 0 Å². The molecule has 28 heavy (non-hydrogen) atoms. The number of thioether (sulfide) groups is 1. The maximum atomic E-state index is 12.4. The molecule has 7 heteroatoms. The minimum Gasteiger partial charge on any atom is -0.350 e. The molecule has 0 aromatic heterocycles. The Kier molecular flexibility index (Phi) is 6.26. The first kappa shape index (κ1) is 20.2. The Balaban J connectivity index is 1.71. The van der Waals surface area contributed by atoms with Gasteiger partial charge in [0, 0.05) is 11.4 Å². The Morgan fingerprint density at radius 2 is 1.75 bits per heavy atom. The van der Waals surface area contributed by atoms with Crippen molar-refractivity contribution >= 4 is 44.2 Å². The molecule has 3 aromatic carbocycles. The van der Waals surface area contributed by atoms with E-state index in [1.54, 1.807) is 18.2 Å². The van der Waals surface area contributed by atoms with Gasteiger partial charge in [-0.25, -0.2) is 8.42 Å². The van der Waals surface area contributed by atoms with E-state index in [0.717, 1.165) is 31.8 Å². The standard InChI is InChI=1S/C21H22N2O3S2/c1-27-20-9-5-8-19(13-20)23(28(2,25)26)15-21(24)22-14-16-10-11-17-6-3-4-7-18(17)12-16/h3-13H,14-15H2,1-2H3,(H,22,24).